The van der Waals surface area contributed by atoms with Crippen molar-refractivity contribution in [2.45, 2.75) is 62.5 Å². The van der Waals surface area contributed by atoms with Crippen molar-refractivity contribution in [3.63, 3.8) is 0 Å². The summed E-state index contributed by atoms with van der Waals surface area (Å²) >= 11 is 0. The number of hydrogen-bond acceptors (Lipinski definition) is 6. The summed E-state index contributed by atoms with van der Waals surface area (Å²) in [4.78, 5) is 8.69. The van der Waals surface area contributed by atoms with Crippen molar-refractivity contribution in [3.05, 3.63) is 29.7 Å². The summed E-state index contributed by atoms with van der Waals surface area (Å²) in [5, 5.41) is 8.86. The fourth-order valence-electron chi connectivity index (χ4n) is 4.25. The fourth-order valence-corrected chi connectivity index (χ4v) is 4.25. The molecule has 2 aromatic heterocycles. The molecule has 0 spiro atoms. The van der Waals surface area contributed by atoms with Gasteiger partial charge in [-0.15, -0.1) is 0 Å². The number of nitrogens with zero attached hydrogens (tertiary/aromatic N) is 2. The Balaban J connectivity index is 1.51. The van der Waals surface area contributed by atoms with Crippen LogP contribution in [0.15, 0.2) is 18.3 Å². The van der Waals surface area contributed by atoms with E-state index in [1.54, 1.807) is 6.07 Å². The predicted molar refractivity (Wildman–Crippen MR) is 104 cm³/mol. The van der Waals surface area contributed by atoms with Gasteiger partial charge >= 0.3 is 0 Å². The third-order valence-corrected chi connectivity index (χ3v) is 6.20. The third-order valence-electron chi connectivity index (χ3n) is 6.20. The smallest absolute Gasteiger partial charge is 0.213 e. The molecule has 2 aliphatic heterocycles. The average molecular weight is 389 g/mol. The number of unbranched alkanes of at least 4 members (excludes halogenated alkanes) is 1. The van der Waals surface area contributed by atoms with E-state index in [4.69, 9.17) is 20.3 Å². The van der Waals surface area contributed by atoms with Crippen LogP contribution in [0.2, 0.25) is 0 Å². The first-order valence-electron chi connectivity index (χ1n) is 10.1. The Bertz CT molecular complexity index is 820. The number of aromatic nitrogens is 2. The van der Waals surface area contributed by atoms with Crippen molar-refractivity contribution in [2.24, 2.45) is 5.73 Å². The van der Waals surface area contributed by atoms with Crippen molar-refractivity contribution in [1.29, 1.82) is 0 Å². The second-order valence-corrected chi connectivity index (χ2v) is 8.22. The Kier molecular flexibility index (Phi) is 5.49. The van der Waals surface area contributed by atoms with Crippen LogP contribution in [0.1, 0.15) is 50.5 Å². The van der Waals surface area contributed by atoms with E-state index in [0.29, 0.717) is 48.5 Å². The standard InChI is InChI=1S/C21H28FN3O3/c22-16-13-24-17-3-4-18(27-12-2-1-11-26)25-19(17)15(16)5-6-21-9-7-20(23,8-10-21)14-28-21/h3-4,13,26H,1-2,5-12,14,23H2. The molecule has 28 heavy (non-hydrogen) atoms. The molecule has 7 heteroatoms. The summed E-state index contributed by atoms with van der Waals surface area (Å²) in [6, 6.07) is 3.56. The number of nitrogens with two attached hydrogens (primary N) is 1. The number of aliphatic hydroxyl groups excluding tert-OH is 1. The van der Waals surface area contributed by atoms with Crippen molar-refractivity contribution in [3.8, 4) is 5.88 Å². The molecule has 3 N–H and O–H groups in total. The lowest BCUT2D eigenvalue weighted by atomic mass is 9.70. The van der Waals surface area contributed by atoms with Crippen molar-refractivity contribution < 1.29 is 19.0 Å². The van der Waals surface area contributed by atoms with Crippen LogP contribution in [0.3, 0.4) is 0 Å². The maximum Gasteiger partial charge on any atom is 0.213 e. The number of pyridine rings is 2. The first-order chi connectivity index (χ1) is 13.5. The lowest BCUT2D eigenvalue weighted by Gasteiger charge is -2.51. The number of rotatable bonds is 8. The molecule has 3 aliphatic rings. The molecule has 6 nitrogen and oxygen atoms in total. The lowest BCUT2D eigenvalue weighted by molar-refractivity contribution is -0.156. The van der Waals surface area contributed by atoms with Crippen LogP contribution >= 0.6 is 0 Å². The number of aryl methyl sites for hydroxylation is 1. The first kappa shape index (κ1) is 19.5. The summed E-state index contributed by atoms with van der Waals surface area (Å²) in [6.45, 7) is 1.20. The van der Waals surface area contributed by atoms with E-state index in [1.165, 1.54) is 6.20 Å². The van der Waals surface area contributed by atoms with Crippen molar-refractivity contribution in [2.75, 3.05) is 19.8 Å². The van der Waals surface area contributed by atoms with Crippen molar-refractivity contribution in [1.82, 2.24) is 9.97 Å². The van der Waals surface area contributed by atoms with Gasteiger partial charge < -0.3 is 20.3 Å². The minimum absolute atomic E-state index is 0.142. The zero-order valence-corrected chi connectivity index (χ0v) is 16.1. The molecule has 1 saturated carbocycles. The molecule has 2 saturated heterocycles. The second-order valence-electron chi connectivity index (χ2n) is 8.22. The molecule has 152 valence electrons. The number of aliphatic hydroxyl groups is 1. The summed E-state index contributed by atoms with van der Waals surface area (Å²) in [5.41, 5.74) is 7.72. The Morgan fingerprint density at radius 2 is 2.04 bits per heavy atom. The molecule has 1 aliphatic carbocycles. The topological polar surface area (TPSA) is 90.5 Å². The van der Waals surface area contributed by atoms with Gasteiger partial charge in [0.15, 0.2) is 0 Å². The SMILES string of the molecule is NC12CCC(CCc3c(F)cnc4ccc(OCCCCO)nc34)(CC1)OC2. The molecular formula is C21H28FN3O3. The van der Waals surface area contributed by atoms with Gasteiger partial charge in [-0.1, -0.05) is 0 Å². The van der Waals surface area contributed by atoms with Crippen molar-refractivity contribution >= 4 is 11.0 Å². The number of hydrogen-bond donors (Lipinski definition) is 2. The van der Waals surface area contributed by atoms with Crippen LogP contribution < -0.4 is 10.5 Å². The van der Waals surface area contributed by atoms with Gasteiger partial charge in [-0.3, -0.25) is 4.98 Å². The molecule has 0 radical (unpaired) electrons. The summed E-state index contributed by atoms with van der Waals surface area (Å²) in [7, 11) is 0. The van der Waals surface area contributed by atoms with E-state index in [-0.39, 0.29) is 23.6 Å². The summed E-state index contributed by atoms with van der Waals surface area (Å²) < 4.78 is 26.4. The maximum atomic E-state index is 14.6. The fraction of sp³-hybridized carbons (Fsp3) is 0.619. The van der Waals surface area contributed by atoms with Gasteiger partial charge in [0, 0.05) is 23.8 Å². The number of halogens is 1. The molecule has 2 bridgehead atoms. The number of ether oxygens (including phenoxy) is 2. The zero-order valence-electron chi connectivity index (χ0n) is 16.1. The van der Waals surface area contributed by atoms with Gasteiger partial charge in [0.1, 0.15) is 5.82 Å². The maximum absolute atomic E-state index is 14.6. The highest BCUT2D eigenvalue weighted by Gasteiger charge is 2.47. The monoisotopic (exact) mass is 389 g/mol. The lowest BCUT2D eigenvalue weighted by Crippen LogP contribution is -2.59. The quantitative estimate of drug-likeness (QED) is 0.675. The minimum Gasteiger partial charge on any atom is -0.478 e. The summed E-state index contributed by atoms with van der Waals surface area (Å²) in [5.74, 6) is 0.116. The van der Waals surface area contributed by atoms with Gasteiger partial charge in [-0.25, -0.2) is 9.37 Å². The third kappa shape index (κ3) is 3.97. The van der Waals surface area contributed by atoms with Gasteiger partial charge in [-0.05, 0) is 57.4 Å². The Morgan fingerprint density at radius 1 is 1.21 bits per heavy atom. The van der Waals surface area contributed by atoms with Crippen LogP contribution in [0, 0.1) is 5.82 Å². The van der Waals surface area contributed by atoms with Gasteiger partial charge in [0.05, 0.1) is 36.0 Å². The van der Waals surface area contributed by atoms with Crippen LogP contribution in [0.4, 0.5) is 4.39 Å². The average Bonchev–Trinajstić information content (AvgIpc) is 2.72. The van der Waals surface area contributed by atoms with Gasteiger partial charge in [0.25, 0.3) is 0 Å². The second kappa shape index (κ2) is 7.89. The molecule has 4 heterocycles. The van der Waals surface area contributed by atoms with Crippen LogP contribution in [0.5, 0.6) is 5.88 Å². The molecule has 0 amide bonds. The summed E-state index contributed by atoms with van der Waals surface area (Å²) in [6.07, 6.45) is 7.79. The molecule has 0 aromatic carbocycles. The molecular weight excluding hydrogens is 361 g/mol. The Morgan fingerprint density at radius 3 is 2.75 bits per heavy atom. The zero-order chi connectivity index (χ0) is 19.6. The van der Waals surface area contributed by atoms with E-state index >= 15 is 0 Å². The van der Waals surface area contributed by atoms with E-state index in [2.05, 4.69) is 9.97 Å². The van der Waals surface area contributed by atoms with Crippen LogP contribution in [-0.4, -0.2) is 46.0 Å². The van der Waals surface area contributed by atoms with E-state index in [9.17, 15) is 4.39 Å². The molecule has 3 fully saturated rings. The minimum atomic E-state index is -0.339. The van der Waals surface area contributed by atoms with Gasteiger partial charge in [-0.2, -0.15) is 0 Å². The molecule has 0 unspecified atom stereocenters. The van der Waals surface area contributed by atoms with E-state index in [0.717, 1.165) is 38.5 Å². The Labute approximate surface area is 164 Å². The predicted octanol–water partition coefficient (Wildman–Crippen LogP) is 2.89. The number of fused-ring (bicyclic) bond motifs is 4. The van der Waals surface area contributed by atoms with Gasteiger partial charge in [0.2, 0.25) is 5.88 Å². The molecule has 0 atom stereocenters. The Hall–Kier alpha value is -1.83. The van der Waals surface area contributed by atoms with Crippen LogP contribution in [-0.2, 0) is 11.2 Å². The normalized spacial score (nSPS) is 26.7. The highest BCUT2D eigenvalue weighted by atomic mass is 19.1. The van der Waals surface area contributed by atoms with Crippen LogP contribution in [0.25, 0.3) is 11.0 Å². The van der Waals surface area contributed by atoms with E-state index in [1.807, 2.05) is 6.07 Å². The molecule has 5 rings (SSSR count). The highest BCUT2D eigenvalue weighted by molar-refractivity contribution is 5.78. The first-order valence-corrected chi connectivity index (χ1v) is 10.1. The largest absolute Gasteiger partial charge is 0.478 e. The van der Waals surface area contributed by atoms with E-state index < -0.39 is 0 Å². The molecule has 2 aromatic rings. The highest BCUT2D eigenvalue weighted by Crippen LogP contribution is 2.45.